The summed E-state index contributed by atoms with van der Waals surface area (Å²) < 4.78 is 5.63. The predicted octanol–water partition coefficient (Wildman–Crippen LogP) is 3.77. The fourth-order valence-corrected chi connectivity index (χ4v) is 2.53. The van der Waals surface area contributed by atoms with E-state index < -0.39 is 0 Å². The zero-order valence-corrected chi connectivity index (χ0v) is 11.6. The number of hydrogen-bond donors (Lipinski definition) is 1. The van der Waals surface area contributed by atoms with Crippen molar-refractivity contribution in [3.05, 3.63) is 35.4 Å². The van der Waals surface area contributed by atoms with Gasteiger partial charge in [-0.15, -0.1) is 0 Å². The minimum absolute atomic E-state index is 0.149. The monoisotopic (exact) mass is 247 g/mol. The molecule has 0 aromatic heterocycles. The average molecular weight is 247 g/mol. The van der Waals surface area contributed by atoms with E-state index in [1.165, 1.54) is 24.0 Å². The van der Waals surface area contributed by atoms with Crippen molar-refractivity contribution in [1.29, 1.82) is 0 Å². The van der Waals surface area contributed by atoms with Gasteiger partial charge in [0.15, 0.2) is 0 Å². The molecule has 2 heteroatoms. The van der Waals surface area contributed by atoms with Crippen LogP contribution in [0.3, 0.4) is 0 Å². The molecule has 2 atom stereocenters. The Morgan fingerprint density at radius 3 is 2.44 bits per heavy atom. The highest BCUT2D eigenvalue weighted by Gasteiger charge is 2.17. The SMILES string of the molecule is CC(C)c1ccc(C(N)CCC2CCCO2)cc1. The molecule has 2 unspecified atom stereocenters. The molecule has 0 radical (unpaired) electrons. The number of ether oxygens (including phenoxy) is 1. The molecule has 1 aromatic rings. The van der Waals surface area contributed by atoms with Gasteiger partial charge in [-0.25, -0.2) is 0 Å². The van der Waals surface area contributed by atoms with Crippen LogP contribution in [0.1, 0.15) is 62.6 Å². The van der Waals surface area contributed by atoms with Gasteiger partial charge >= 0.3 is 0 Å². The topological polar surface area (TPSA) is 35.2 Å². The summed E-state index contributed by atoms with van der Waals surface area (Å²) >= 11 is 0. The molecule has 0 spiro atoms. The third kappa shape index (κ3) is 3.56. The lowest BCUT2D eigenvalue weighted by Crippen LogP contribution is -2.14. The number of benzene rings is 1. The van der Waals surface area contributed by atoms with E-state index in [2.05, 4.69) is 38.1 Å². The Bertz CT molecular complexity index is 352. The molecule has 1 heterocycles. The lowest BCUT2D eigenvalue weighted by atomic mass is 9.96. The van der Waals surface area contributed by atoms with Crippen molar-refractivity contribution in [3.63, 3.8) is 0 Å². The second kappa shape index (κ2) is 6.35. The molecule has 100 valence electrons. The summed E-state index contributed by atoms with van der Waals surface area (Å²) in [5.74, 6) is 0.585. The molecule has 2 rings (SSSR count). The first-order valence-electron chi connectivity index (χ1n) is 7.14. The Morgan fingerprint density at radius 1 is 1.22 bits per heavy atom. The van der Waals surface area contributed by atoms with Gasteiger partial charge in [0.25, 0.3) is 0 Å². The van der Waals surface area contributed by atoms with Crippen molar-refractivity contribution >= 4 is 0 Å². The van der Waals surface area contributed by atoms with Crippen LogP contribution in [0, 0.1) is 0 Å². The van der Waals surface area contributed by atoms with Crippen LogP contribution in [0.2, 0.25) is 0 Å². The molecule has 18 heavy (non-hydrogen) atoms. The van der Waals surface area contributed by atoms with Crippen molar-refractivity contribution in [2.24, 2.45) is 5.73 Å². The second-order valence-electron chi connectivity index (χ2n) is 5.64. The van der Waals surface area contributed by atoms with Crippen molar-refractivity contribution in [2.75, 3.05) is 6.61 Å². The van der Waals surface area contributed by atoms with Gasteiger partial charge in [0.05, 0.1) is 6.10 Å². The number of rotatable bonds is 5. The lowest BCUT2D eigenvalue weighted by Gasteiger charge is -2.16. The summed E-state index contributed by atoms with van der Waals surface area (Å²) in [6.07, 6.45) is 4.98. The molecule has 1 aromatic carbocycles. The highest BCUT2D eigenvalue weighted by atomic mass is 16.5. The van der Waals surface area contributed by atoms with Crippen LogP contribution in [0.25, 0.3) is 0 Å². The smallest absolute Gasteiger partial charge is 0.0576 e. The summed E-state index contributed by atoms with van der Waals surface area (Å²) in [6.45, 7) is 5.36. The maximum Gasteiger partial charge on any atom is 0.0576 e. The molecule has 1 saturated heterocycles. The Labute approximate surface area is 111 Å². The van der Waals surface area contributed by atoms with Crippen molar-refractivity contribution < 1.29 is 4.74 Å². The van der Waals surface area contributed by atoms with E-state index in [4.69, 9.17) is 10.5 Å². The standard InChI is InChI=1S/C16H25NO/c1-12(2)13-5-7-14(8-6-13)16(17)10-9-15-4-3-11-18-15/h5-8,12,15-16H,3-4,9-11,17H2,1-2H3. The molecular weight excluding hydrogens is 222 g/mol. The van der Waals surface area contributed by atoms with E-state index in [-0.39, 0.29) is 6.04 Å². The number of hydrogen-bond acceptors (Lipinski definition) is 2. The minimum Gasteiger partial charge on any atom is -0.378 e. The summed E-state index contributed by atoms with van der Waals surface area (Å²) in [6, 6.07) is 8.90. The van der Waals surface area contributed by atoms with Crippen LogP contribution in [0.15, 0.2) is 24.3 Å². The first-order chi connectivity index (χ1) is 8.66. The van der Waals surface area contributed by atoms with Crippen molar-refractivity contribution in [1.82, 2.24) is 0 Å². The normalized spacial score (nSPS) is 21.4. The van der Waals surface area contributed by atoms with E-state index >= 15 is 0 Å². The molecule has 0 amide bonds. The van der Waals surface area contributed by atoms with Crippen LogP contribution < -0.4 is 5.73 Å². The molecule has 0 saturated carbocycles. The first-order valence-corrected chi connectivity index (χ1v) is 7.14. The van der Waals surface area contributed by atoms with Gasteiger partial charge in [0.1, 0.15) is 0 Å². The fraction of sp³-hybridized carbons (Fsp3) is 0.625. The maximum absolute atomic E-state index is 6.24. The Hall–Kier alpha value is -0.860. The van der Waals surface area contributed by atoms with E-state index in [0.29, 0.717) is 12.0 Å². The molecule has 1 aliphatic rings. The van der Waals surface area contributed by atoms with Crippen LogP contribution >= 0.6 is 0 Å². The molecule has 2 nitrogen and oxygen atoms in total. The summed E-state index contributed by atoms with van der Waals surface area (Å²) in [5, 5.41) is 0. The third-order valence-corrected chi connectivity index (χ3v) is 3.85. The number of nitrogens with two attached hydrogens (primary N) is 1. The van der Waals surface area contributed by atoms with E-state index in [0.717, 1.165) is 19.4 Å². The first kappa shape index (κ1) is 13.6. The van der Waals surface area contributed by atoms with E-state index in [9.17, 15) is 0 Å². The van der Waals surface area contributed by atoms with Crippen LogP contribution in [-0.4, -0.2) is 12.7 Å². The van der Waals surface area contributed by atoms with Crippen LogP contribution in [0.4, 0.5) is 0 Å². The zero-order chi connectivity index (χ0) is 13.0. The lowest BCUT2D eigenvalue weighted by molar-refractivity contribution is 0.101. The maximum atomic E-state index is 6.24. The summed E-state index contributed by atoms with van der Waals surface area (Å²) in [4.78, 5) is 0. The largest absolute Gasteiger partial charge is 0.378 e. The highest BCUT2D eigenvalue weighted by Crippen LogP contribution is 2.23. The molecule has 1 aliphatic heterocycles. The van der Waals surface area contributed by atoms with E-state index in [1.54, 1.807) is 0 Å². The van der Waals surface area contributed by atoms with Gasteiger partial charge in [0.2, 0.25) is 0 Å². The van der Waals surface area contributed by atoms with Gasteiger partial charge in [-0.1, -0.05) is 38.1 Å². The Morgan fingerprint density at radius 2 is 1.89 bits per heavy atom. The van der Waals surface area contributed by atoms with Crippen molar-refractivity contribution in [2.45, 2.75) is 57.6 Å². The van der Waals surface area contributed by atoms with Crippen LogP contribution in [0.5, 0.6) is 0 Å². The third-order valence-electron chi connectivity index (χ3n) is 3.85. The summed E-state index contributed by atoms with van der Waals surface area (Å²) in [5.41, 5.74) is 8.87. The molecular formula is C16H25NO. The van der Waals surface area contributed by atoms with E-state index in [1.807, 2.05) is 0 Å². The van der Waals surface area contributed by atoms with Crippen molar-refractivity contribution in [3.8, 4) is 0 Å². The average Bonchev–Trinajstić information content (AvgIpc) is 2.89. The summed E-state index contributed by atoms with van der Waals surface area (Å²) in [7, 11) is 0. The zero-order valence-electron chi connectivity index (χ0n) is 11.6. The molecule has 2 N–H and O–H groups in total. The van der Waals surface area contributed by atoms with Gasteiger partial charge in [0, 0.05) is 12.6 Å². The second-order valence-corrected chi connectivity index (χ2v) is 5.64. The minimum atomic E-state index is 0.149. The molecule has 1 fully saturated rings. The quantitative estimate of drug-likeness (QED) is 0.859. The van der Waals surface area contributed by atoms with Gasteiger partial charge in [-0.05, 0) is 42.7 Å². The van der Waals surface area contributed by atoms with Gasteiger partial charge < -0.3 is 10.5 Å². The Kier molecular flexibility index (Phi) is 4.79. The van der Waals surface area contributed by atoms with Gasteiger partial charge in [-0.3, -0.25) is 0 Å². The fourth-order valence-electron chi connectivity index (χ4n) is 2.53. The van der Waals surface area contributed by atoms with Gasteiger partial charge in [-0.2, -0.15) is 0 Å². The van der Waals surface area contributed by atoms with Crippen LogP contribution in [-0.2, 0) is 4.74 Å². The molecule has 0 bridgehead atoms. The Balaban J connectivity index is 1.85. The highest BCUT2D eigenvalue weighted by molar-refractivity contribution is 5.26. The molecule has 0 aliphatic carbocycles. The predicted molar refractivity (Wildman–Crippen MR) is 75.7 cm³/mol.